The number of anilines is 1. The van der Waals surface area contributed by atoms with Gasteiger partial charge in [-0.3, -0.25) is 10.0 Å². The lowest BCUT2D eigenvalue weighted by molar-refractivity contribution is -0.129. The molecule has 0 atom stereocenters. The van der Waals surface area contributed by atoms with Gasteiger partial charge in [-0.2, -0.15) is 4.98 Å². The average molecular weight is 467 g/mol. The lowest BCUT2D eigenvalue weighted by atomic mass is 10.1. The number of rotatable bonds is 8. The number of hydrogen-bond donors (Lipinski definition) is 2. The molecule has 10 nitrogen and oxygen atoms in total. The number of nitrogens with zero attached hydrogens (tertiary/aromatic N) is 5. The van der Waals surface area contributed by atoms with Crippen molar-refractivity contribution in [1.29, 1.82) is 0 Å². The van der Waals surface area contributed by atoms with E-state index in [0.29, 0.717) is 44.0 Å². The fraction of sp³-hybridized carbons (Fsp3) is 0.500. The van der Waals surface area contributed by atoms with Crippen LogP contribution in [-0.4, -0.2) is 63.5 Å². The van der Waals surface area contributed by atoms with Gasteiger partial charge in [0.2, 0.25) is 11.9 Å². The molecule has 2 fully saturated rings. The summed E-state index contributed by atoms with van der Waals surface area (Å²) in [5.74, 6) is 0.970. The molecule has 0 bridgehead atoms. The number of nitrogens with one attached hydrogen (secondary N) is 1. The van der Waals surface area contributed by atoms with Crippen LogP contribution in [0.2, 0.25) is 0 Å². The van der Waals surface area contributed by atoms with E-state index < -0.39 is 5.91 Å². The van der Waals surface area contributed by atoms with E-state index in [1.165, 1.54) is 12.8 Å². The predicted octanol–water partition coefficient (Wildman–Crippen LogP) is 3.11. The molecule has 1 aromatic carbocycles. The number of imidazole rings is 1. The number of hydroxylamine groups is 1. The predicted molar refractivity (Wildman–Crippen MR) is 126 cm³/mol. The Morgan fingerprint density at radius 2 is 2.03 bits per heavy atom. The number of amides is 1. The first kappa shape index (κ1) is 22.5. The van der Waals surface area contributed by atoms with E-state index in [9.17, 15) is 4.79 Å². The number of morpholine rings is 1. The molecule has 2 N–H and O–H groups in total. The molecule has 5 rings (SSSR count). The van der Waals surface area contributed by atoms with Gasteiger partial charge in [-0.15, -0.1) is 0 Å². The molecule has 34 heavy (non-hydrogen) atoms. The van der Waals surface area contributed by atoms with Crippen LogP contribution in [0.15, 0.2) is 30.6 Å². The van der Waals surface area contributed by atoms with Crippen LogP contribution in [0.1, 0.15) is 44.6 Å². The summed E-state index contributed by atoms with van der Waals surface area (Å²) in [6.07, 6.45) is 7.38. The van der Waals surface area contributed by atoms with E-state index in [0.717, 1.165) is 48.4 Å². The summed E-state index contributed by atoms with van der Waals surface area (Å²) >= 11 is 0. The molecule has 0 unspecified atom stereocenters. The third-order valence-corrected chi connectivity index (χ3v) is 6.47. The summed E-state index contributed by atoms with van der Waals surface area (Å²) in [6, 6.07) is 8.20. The topological polar surface area (TPSA) is 115 Å². The number of aromatic nitrogens is 4. The molecule has 0 spiro atoms. The van der Waals surface area contributed by atoms with Crippen molar-refractivity contribution >= 4 is 23.0 Å². The summed E-state index contributed by atoms with van der Waals surface area (Å²) in [4.78, 5) is 28.0. The maximum absolute atomic E-state index is 11.2. The molecule has 3 heterocycles. The molecule has 180 valence electrons. The van der Waals surface area contributed by atoms with Gasteiger partial charge in [-0.1, -0.05) is 25.0 Å². The van der Waals surface area contributed by atoms with Crippen molar-refractivity contribution in [1.82, 2.24) is 25.0 Å². The van der Waals surface area contributed by atoms with Gasteiger partial charge < -0.3 is 18.9 Å². The van der Waals surface area contributed by atoms with Crippen LogP contribution in [0.4, 0.5) is 5.95 Å². The van der Waals surface area contributed by atoms with Gasteiger partial charge in [-0.25, -0.2) is 15.4 Å². The Balaban J connectivity index is 1.47. The molecule has 1 saturated heterocycles. The number of fused-ring (bicyclic) bond motifs is 1. The third-order valence-electron chi connectivity index (χ3n) is 6.47. The molecule has 10 heteroatoms. The Kier molecular flexibility index (Phi) is 6.87. The van der Waals surface area contributed by atoms with Crippen molar-refractivity contribution < 1.29 is 19.5 Å². The molecule has 2 aliphatic rings. The molecular formula is C24H30N6O4. The maximum atomic E-state index is 11.2. The van der Waals surface area contributed by atoms with Crippen LogP contribution >= 0.6 is 0 Å². The van der Waals surface area contributed by atoms with Crippen molar-refractivity contribution in [2.45, 2.75) is 44.6 Å². The summed E-state index contributed by atoms with van der Waals surface area (Å²) < 4.78 is 13.6. The number of ether oxygens (including phenoxy) is 2. The molecule has 1 aliphatic heterocycles. The molecule has 1 aliphatic carbocycles. The van der Waals surface area contributed by atoms with Gasteiger partial charge in [0.05, 0.1) is 26.1 Å². The van der Waals surface area contributed by atoms with E-state index in [1.54, 1.807) is 5.48 Å². The summed E-state index contributed by atoms with van der Waals surface area (Å²) in [7, 11) is 0. The van der Waals surface area contributed by atoms with Crippen LogP contribution in [0.5, 0.6) is 5.75 Å². The third kappa shape index (κ3) is 4.83. The van der Waals surface area contributed by atoms with Gasteiger partial charge in [0, 0.05) is 31.1 Å². The summed E-state index contributed by atoms with van der Waals surface area (Å²) in [6.45, 7) is 3.21. The molecule has 2 aromatic heterocycles. The number of carbonyl (C=O) groups is 1. The molecular weight excluding hydrogens is 436 g/mol. The largest absolute Gasteiger partial charge is 0.494 e. The highest BCUT2D eigenvalue weighted by Crippen LogP contribution is 2.35. The highest BCUT2D eigenvalue weighted by atomic mass is 16.5. The van der Waals surface area contributed by atoms with Crippen LogP contribution in [0.25, 0.3) is 22.4 Å². The van der Waals surface area contributed by atoms with Gasteiger partial charge in [-0.05, 0) is 31.4 Å². The SMILES string of the molecule is O=C(CCCOc1cccc(-c2nc(N3CCOCC3)nc3c2ncn3C2CCCC2)c1)NO. The highest BCUT2D eigenvalue weighted by molar-refractivity contribution is 5.89. The quantitative estimate of drug-likeness (QED) is 0.296. The molecule has 1 saturated carbocycles. The van der Waals surface area contributed by atoms with Crippen molar-refractivity contribution in [2.24, 2.45) is 0 Å². The smallest absolute Gasteiger partial charge is 0.243 e. The second-order valence-electron chi connectivity index (χ2n) is 8.75. The van der Waals surface area contributed by atoms with E-state index in [4.69, 9.17) is 29.6 Å². The van der Waals surface area contributed by atoms with Crippen LogP contribution in [-0.2, 0) is 9.53 Å². The Labute approximate surface area is 197 Å². The first-order chi connectivity index (χ1) is 16.7. The van der Waals surface area contributed by atoms with Crippen LogP contribution in [0, 0.1) is 0 Å². The maximum Gasteiger partial charge on any atom is 0.243 e. The van der Waals surface area contributed by atoms with Crippen LogP contribution < -0.4 is 15.1 Å². The van der Waals surface area contributed by atoms with Crippen LogP contribution in [0.3, 0.4) is 0 Å². The first-order valence-electron chi connectivity index (χ1n) is 12.0. The molecule has 1 amide bonds. The Morgan fingerprint density at radius 3 is 2.82 bits per heavy atom. The van der Waals surface area contributed by atoms with Crippen molar-refractivity contribution in [3.8, 4) is 17.0 Å². The fourth-order valence-electron chi connectivity index (χ4n) is 4.67. The number of hydrogen-bond acceptors (Lipinski definition) is 8. The Morgan fingerprint density at radius 1 is 1.21 bits per heavy atom. The zero-order valence-corrected chi connectivity index (χ0v) is 19.2. The highest BCUT2D eigenvalue weighted by Gasteiger charge is 2.24. The van der Waals surface area contributed by atoms with E-state index in [-0.39, 0.29) is 6.42 Å². The standard InChI is InChI=1S/C24H30N6O4/c31-20(28-32)9-4-12-34-19-8-3-5-17(15-19)21-22-23(30(16-25-22)18-6-1-2-7-18)27-24(26-21)29-10-13-33-14-11-29/h3,5,8,15-16,18,32H,1-2,4,6-7,9-14H2,(H,28,31). The van der Waals surface area contributed by atoms with Crippen molar-refractivity contribution in [3.63, 3.8) is 0 Å². The second-order valence-corrected chi connectivity index (χ2v) is 8.75. The van der Waals surface area contributed by atoms with Gasteiger partial charge in [0.25, 0.3) is 0 Å². The van der Waals surface area contributed by atoms with Crippen molar-refractivity contribution in [3.05, 3.63) is 30.6 Å². The lowest BCUT2D eigenvalue weighted by Crippen LogP contribution is -2.37. The zero-order valence-electron chi connectivity index (χ0n) is 19.2. The van der Waals surface area contributed by atoms with Gasteiger partial charge in [0.15, 0.2) is 5.65 Å². The number of carbonyl (C=O) groups excluding carboxylic acids is 1. The van der Waals surface area contributed by atoms with E-state index in [1.807, 2.05) is 30.6 Å². The molecule has 0 radical (unpaired) electrons. The lowest BCUT2D eigenvalue weighted by Gasteiger charge is -2.27. The summed E-state index contributed by atoms with van der Waals surface area (Å²) in [5, 5.41) is 8.62. The first-order valence-corrected chi connectivity index (χ1v) is 12.0. The minimum atomic E-state index is -0.422. The normalized spacial score (nSPS) is 16.8. The van der Waals surface area contributed by atoms with Gasteiger partial charge >= 0.3 is 0 Å². The van der Waals surface area contributed by atoms with Crippen molar-refractivity contribution in [2.75, 3.05) is 37.8 Å². The second kappa shape index (κ2) is 10.4. The van der Waals surface area contributed by atoms with E-state index >= 15 is 0 Å². The minimum Gasteiger partial charge on any atom is -0.494 e. The van der Waals surface area contributed by atoms with E-state index in [2.05, 4.69) is 9.47 Å². The fourth-order valence-corrected chi connectivity index (χ4v) is 4.67. The molecule has 3 aromatic rings. The Hall–Kier alpha value is -3.24. The van der Waals surface area contributed by atoms with Gasteiger partial charge in [0.1, 0.15) is 17.0 Å². The zero-order chi connectivity index (χ0) is 23.3. The summed E-state index contributed by atoms with van der Waals surface area (Å²) in [5.41, 5.74) is 5.00. The monoisotopic (exact) mass is 466 g/mol. The average Bonchev–Trinajstić information content (AvgIpc) is 3.56. The Bertz CT molecular complexity index is 1140. The number of benzene rings is 1. The minimum absolute atomic E-state index is 0.199.